The van der Waals surface area contributed by atoms with Crippen LogP contribution in [0.3, 0.4) is 0 Å². The monoisotopic (exact) mass is 677 g/mol. The number of carbonyl (C=O) groups excluding carboxylic acids is 4. The van der Waals surface area contributed by atoms with Gasteiger partial charge in [-0.05, 0) is 57.2 Å². The normalized spacial score (nSPS) is 32.0. The summed E-state index contributed by atoms with van der Waals surface area (Å²) in [7, 11) is 0. The highest BCUT2D eigenvalue weighted by Crippen LogP contribution is 2.59. The van der Waals surface area contributed by atoms with Crippen molar-refractivity contribution >= 4 is 56.9 Å². The van der Waals surface area contributed by atoms with Gasteiger partial charge < -0.3 is 29.7 Å². The molecule has 43 heavy (non-hydrogen) atoms. The highest BCUT2D eigenvalue weighted by atomic mass is 79.9. The number of likely N-dealkylation sites (tertiary alicyclic amines) is 1. The number of aliphatic hydroxyl groups excluding tert-OH is 1. The predicted molar refractivity (Wildman–Crippen MR) is 164 cm³/mol. The van der Waals surface area contributed by atoms with Crippen molar-refractivity contribution in [3.63, 3.8) is 0 Å². The topological polar surface area (TPSA) is 125 Å². The minimum absolute atomic E-state index is 0.0296. The Labute approximate surface area is 264 Å². The molecule has 6 atom stereocenters. The number of nitrogens with one attached hydrogen (secondary N) is 1. The van der Waals surface area contributed by atoms with Crippen LogP contribution < -0.4 is 10.2 Å². The van der Waals surface area contributed by atoms with E-state index in [0.29, 0.717) is 40.9 Å². The second kappa shape index (κ2) is 13.1. The summed E-state index contributed by atoms with van der Waals surface area (Å²) in [5.41, 5.74) is -0.112. The molecule has 5 rings (SSSR count). The first-order valence-electron chi connectivity index (χ1n) is 14.8. The molecule has 5 bridgehead atoms. The first kappa shape index (κ1) is 31.7. The van der Waals surface area contributed by atoms with Crippen molar-refractivity contribution in [3.8, 4) is 0 Å². The van der Waals surface area contributed by atoms with Crippen LogP contribution in [0.5, 0.6) is 0 Å². The third-order valence-electron chi connectivity index (χ3n) is 8.61. The van der Waals surface area contributed by atoms with Crippen molar-refractivity contribution in [2.75, 3.05) is 31.1 Å². The fourth-order valence-corrected chi connectivity index (χ4v) is 7.72. The highest BCUT2D eigenvalue weighted by molar-refractivity contribution is 9.11. The molecule has 4 aliphatic heterocycles. The van der Waals surface area contributed by atoms with Crippen LogP contribution in [-0.4, -0.2) is 83.8 Å². The van der Waals surface area contributed by atoms with Gasteiger partial charge in [0.05, 0.1) is 23.2 Å². The number of aliphatic hydroxyl groups is 1. The number of benzene rings is 1. The first-order valence-corrected chi connectivity index (χ1v) is 15.9. The number of rotatable bonds is 6. The molecule has 0 aromatic heterocycles. The molecule has 0 saturated carbocycles. The van der Waals surface area contributed by atoms with E-state index in [1.807, 2.05) is 25.1 Å². The van der Waals surface area contributed by atoms with E-state index in [9.17, 15) is 24.3 Å². The molecule has 3 amide bonds. The lowest BCUT2D eigenvalue weighted by atomic mass is 9.74. The van der Waals surface area contributed by atoms with Crippen LogP contribution in [0, 0.1) is 18.8 Å². The Morgan fingerprint density at radius 2 is 1.93 bits per heavy atom. The molecule has 4 aliphatic rings. The lowest BCUT2D eigenvalue weighted by Gasteiger charge is -2.36. The Kier molecular flexibility index (Phi) is 9.65. The van der Waals surface area contributed by atoms with Crippen LogP contribution in [0.25, 0.3) is 0 Å². The van der Waals surface area contributed by atoms with Gasteiger partial charge in [-0.3, -0.25) is 19.2 Å². The van der Waals surface area contributed by atoms with Gasteiger partial charge in [0.15, 0.2) is 0 Å². The number of unbranched alkanes of at least 4 members (excludes halogenated alkanes) is 2. The number of anilines is 1. The van der Waals surface area contributed by atoms with Crippen LogP contribution in [0.15, 0.2) is 40.9 Å². The summed E-state index contributed by atoms with van der Waals surface area (Å²) < 4.78 is 12.8. The smallest absolute Gasteiger partial charge is 0.313 e. The number of cyclic esters (lactones) is 1. The lowest BCUT2D eigenvalue weighted by Crippen LogP contribution is -2.56. The quantitative estimate of drug-likeness (QED) is 0.269. The van der Waals surface area contributed by atoms with Gasteiger partial charge in [-0.2, -0.15) is 0 Å². The Hall–Kier alpha value is -2.73. The van der Waals surface area contributed by atoms with Crippen molar-refractivity contribution in [1.29, 1.82) is 0 Å². The minimum Gasteiger partial charge on any atom is -0.460 e. The summed E-state index contributed by atoms with van der Waals surface area (Å²) in [5.74, 6) is -3.49. The Bertz CT molecular complexity index is 1330. The number of esters is 1. The zero-order valence-electron chi connectivity index (χ0n) is 24.3. The Balaban J connectivity index is 1.62. The van der Waals surface area contributed by atoms with Crippen LogP contribution >= 0.6 is 27.5 Å². The summed E-state index contributed by atoms with van der Waals surface area (Å²) in [6.07, 6.45) is 6.46. The molecule has 4 heterocycles. The van der Waals surface area contributed by atoms with E-state index < -0.39 is 41.7 Å². The third-order valence-corrected chi connectivity index (χ3v) is 9.60. The molecule has 0 unspecified atom stereocenters. The number of para-hydroxylation sites is 1. The first-order chi connectivity index (χ1) is 20.6. The van der Waals surface area contributed by atoms with E-state index in [-0.39, 0.29) is 50.4 Å². The Morgan fingerprint density at radius 1 is 1.14 bits per heavy atom. The fraction of sp³-hybridized carbons (Fsp3) is 0.548. The van der Waals surface area contributed by atoms with Gasteiger partial charge in [0.1, 0.15) is 29.8 Å². The summed E-state index contributed by atoms with van der Waals surface area (Å²) >= 11 is 10.2. The number of amides is 3. The zero-order valence-corrected chi connectivity index (χ0v) is 26.6. The second-order valence-electron chi connectivity index (χ2n) is 11.6. The molecule has 1 aromatic rings. The van der Waals surface area contributed by atoms with Gasteiger partial charge in [0.2, 0.25) is 11.8 Å². The molecule has 2 fully saturated rings. The summed E-state index contributed by atoms with van der Waals surface area (Å²) in [5, 5.41) is 12.5. The van der Waals surface area contributed by atoms with Gasteiger partial charge in [-0.1, -0.05) is 51.8 Å². The average molecular weight is 679 g/mol. The van der Waals surface area contributed by atoms with Crippen molar-refractivity contribution in [3.05, 3.63) is 51.5 Å². The van der Waals surface area contributed by atoms with Crippen LogP contribution in [-0.2, 0) is 28.7 Å². The molecule has 232 valence electrons. The number of hydrogen-bond acceptors (Lipinski definition) is 7. The molecule has 2 N–H and O–H groups in total. The number of fused-ring (bicyclic) bond motifs is 2. The number of nitrogens with zero attached hydrogens (tertiary/aromatic N) is 2. The number of allylic oxidation sites excluding steroid dienone is 1. The average Bonchev–Trinajstić information content (AvgIpc) is 3.55. The van der Waals surface area contributed by atoms with Crippen LogP contribution in [0.2, 0.25) is 5.02 Å². The number of aryl methyl sites for hydroxylation is 1. The molecule has 1 spiro atoms. The maximum absolute atomic E-state index is 14.9. The van der Waals surface area contributed by atoms with E-state index in [1.165, 1.54) is 0 Å². The SMILES string of the molecule is Cc1cccc(Cl)c1N1C/C=C\CCC(=O)NC[C@@H](C)OC(=O)[C@@H]2[C@H]3O[C@@]4(C=C3Br)[C@H](C1=O)N(CCCCCO)C(=O)[C@@H]24. The van der Waals surface area contributed by atoms with Gasteiger partial charge in [-0.15, -0.1) is 0 Å². The molecule has 0 aliphatic carbocycles. The number of carbonyl (C=O) groups is 4. The summed E-state index contributed by atoms with van der Waals surface area (Å²) in [6, 6.07) is 4.30. The maximum atomic E-state index is 14.9. The minimum atomic E-state index is -1.40. The van der Waals surface area contributed by atoms with E-state index in [4.69, 9.17) is 21.1 Å². The van der Waals surface area contributed by atoms with Crippen molar-refractivity contribution in [1.82, 2.24) is 10.2 Å². The zero-order chi connectivity index (χ0) is 30.9. The van der Waals surface area contributed by atoms with Crippen molar-refractivity contribution < 1.29 is 33.8 Å². The molecule has 2 saturated heterocycles. The molecule has 0 radical (unpaired) electrons. The van der Waals surface area contributed by atoms with Crippen LogP contribution in [0.1, 0.15) is 44.6 Å². The predicted octanol–water partition coefficient (Wildman–Crippen LogP) is 3.42. The molecule has 1 aromatic carbocycles. The lowest BCUT2D eigenvalue weighted by molar-refractivity contribution is -0.158. The largest absolute Gasteiger partial charge is 0.460 e. The standard InChI is InChI=1S/C31H37BrClN3O7/c1-18-10-9-11-21(33)25(18)35-13-6-3-5-12-22(38)34-17-19(2)42-30(41)23-24-28(39)36(14-7-4-8-15-37)27(29(35)40)31(24)16-20(32)26(23)43-31/h3,6,9-11,16,19,23-24,26-27,37H,4-5,7-8,12-15,17H2,1-2H3,(H,34,38)/b6-3-/t19-,23+,24-,26+,27+,31-/m1/s1. The molecule has 12 heteroatoms. The van der Waals surface area contributed by atoms with Gasteiger partial charge in [0.25, 0.3) is 5.91 Å². The van der Waals surface area contributed by atoms with E-state index in [1.54, 1.807) is 34.9 Å². The fourth-order valence-electron chi connectivity index (χ4n) is 6.66. The number of hydrogen-bond donors (Lipinski definition) is 2. The van der Waals surface area contributed by atoms with E-state index >= 15 is 0 Å². The second-order valence-corrected chi connectivity index (χ2v) is 12.9. The molecular formula is C31H37BrClN3O7. The van der Waals surface area contributed by atoms with Gasteiger partial charge in [0, 0.05) is 30.6 Å². The van der Waals surface area contributed by atoms with Gasteiger partial charge in [-0.25, -0.2) is 0 Å². The third kappa shape index (κ3) is 5.89. The number of halogens is 2. The Morgan fingerprint density at radius 3 is 2.67 bits per heavy atom. The van der Waals surface area contributed by atoms with Crippen molar-refractivity contribution in [2.24, 2.45) is 11.8 Å². The molecular weight excluding hydrogens is 642 g/mol. The van der Waals surface area contributed by atoms with E-state index in [0.717, 1.165) is 5.56 Å². The maximum Gasteiger partial charge on any atom is 0.313 e. The number of ether oxygens (including phenoxy) is 2. The van der Waals surface area contributed by atoms with Crippen molar-refractivity contribution in [2.45, 2.75) is 69.8 Å². The van der Waals surface area contributed by atoms with E-state index in [2.05, 4.69) is 21.2 Å². The summed E-state index contributed by atoms with van der Waals surface area (Å²) in [6.45, 7) is 4.10. The van der Waals surface area contributed by atoms with Gasteiger partial charge >= 0.3 is 5.97 Å². The van der Waals surface area contributed by atoms with Crippen LogP contribution in [0.4, 0.5) is 5.69 Å². The highest BCUT2D eigenvalue weighted by Gasteiger charge is 2.75. The summed E-state index contributed by atoms with van der Waals surface area (Å²) in [4.78, 5) is 58.3. The molecule has 10 nitrogen and oxygen atoms in total.